The molecule has 0 amide bonds. The van der Waals surface area contributed by atoms with Crippen LogP contribution in [-0.2, 0) is 6.42 Å². The summed E-state index contributed by atoms with van der Waals surface area (Å²) >= 11 is 1.94. The van der Waals surface area contributed by atoms with Crippen LogP contribution < -0.4 is 9.47 Å². The van der Waals surface area contributed by atoms with E-state index >= 15 is 0 Å². The van der Waals surface area contributed by atoms with E-state index in [0.717, 1.165) is 30.8 Å². The van der Waals surface area contributed by atoms with Gasteiger partial charge in [-0.25, -0.2) is 0 Å². The van der Waals surface area contributed by atoms with Gasteiger partial charge in [0.25, 0.3) is 0 Å². The summed E-state index contributed by atoms with van der Waals surface area (Å²) in [6.07, 6.45) is 2.31. The molecule has 0 radical (unpaired) electrons. The average molecular weight is 387 g/mol. The van der Waals surface area contributed by atoms with Crippen LogP contribution in [0.4, 0.5) is 0 Å². The molecule has 1 N–H and O–H groups in total. The molecule has 0 aliphatic carbocycles. The number of rotatable bonds is 6. The molecule has 1 heterocycles. The second-order valence-corrected chi connectivity index (χ2v) is 8.98. The largest absolute Gasteiger partial charge is 0.496 e. The van der Waals surface area contributed by atoms with Gasteiger partial charge >= 0.3 is 0 Å². The van der Waals surface area contributed by atoms with E-state index in [1.165, 1.54) is 22.3 Å². The first kappa shape index (κ1) is 20.1. The molecule has 3 unspecified atom stereocenters. The Labute approximate surface area is 167 Å². The van der Waals surface area contributed by atoms with Crippen LogP contribution in [0.25, 0.3) is 0 Å². The maximum absolute atomic E-state index is 10.2. The Morgan fingerprint density at radius 2 is 1.89 bits per heavy atom. The van der Waals surface area contributed by atoms with Crippen LogP contribution >= 0.6 is 11.8 Å². The summed E-state index contributed by atoms with van der Waals surface area (Å²) in [5.41, 5.74) is 5.02. The van der Waals surface area contributed by atoms with E-state index in [9.17, 15) is 5.11 Å². The number of aliphatic hydroxyl groups excluding tert-OH is 1. The van der Waals surface area contributed by atoms with Gasteiger partial charge in [0.15, 0.2) is 0 Å². The van der Waals surface area contributed by atoms with E-state index in [0.29, 0.717) is 11.9 Å². The van der Waals surface area contributed by atoms with Crippen molar-refractivity contribution in [3.05, 3.63) is 58.7 Å². The predicted octanol–water partition coefficient (Wildman–Crippen LogP) is 5.31. The lowest BCUT2D eigenvalue weighted by molar-refractivity contribution is 0.149. The van der Waals surface area contributed by atoms with Crippen LogP contribution in [0.3, 0.4) is 0 Å². The van der Waals surface area contributed by atoms with Gasteiger partial charge in [-0.2, -0.15) is 11.8 Å². The number of aliphatic hydroxyl groups is 1. The fourth-order valence-electron chi connectivity index (χ4n) is 3.77. The Morgan fingerprint density at radius 3 is 2.52 bits per heavy atom. The standard InChI is InChI=1S/C23H30O3S/c1-5-26-20-8-6-17(7-9-20)12-18-13-21(22(25-4)10-15(18)2)23-14-19(24)11-16(3)27-23/h6-10,13,16,19,23-24H,5,11-12,14H2,1-4H3. The molecule has 1 aliphatic rings. The highest BCUT2D eigenvalue weighted by Crippen LogP contribution is 2.46. The Bertz CT molecular complexity index is 747. The normalized spacial score (nSPS) is 22.5. The lowest BCUT2D eigenvalue weighted by atomic mass is 9.94. The zero-order valence-electron chi connectivity index (χ0n) is 16.7. The molecular formula is C23H30O3S. The van der Waals surface area contributed by atoms with Gasteiger partial charge in [0, 0.05) is 16.1 Å². The average Bonchev–Trinajstić information content (AvgIpc) is 2.64. The van der Waals surface area contributed by atoms with Crippen LogP contribution in [-0.4, -0.2) is 30.2 Å². The molecule has 3 rings (SSSR count). The number of aryl methyl sites for hydroxylation is 1. The molecule has 1 saturated heterocycles. The molecule has 27 heavy (non-hydrogen) atoms. The predicted molar refractivity (Wildman–Crippen MR) is 113 cm³/mol. The summed E-state index contributed by atoms with van der Waals surface area (Å²) in [6.45, 7) is 7.02. The molecule has 0 saturated carbocycles. The van der Waals surface area contributed by atoms with E-state index in [-0.39, 0.29) is 11.4 Å². The molecule has 0 spiro atoms. The third kappa shape index (κ3) is 4.99. The zero-order chi connectivity index (χ0) is 19.4. The number of hydrogen-bond donors (Lipinski definition) is 1. The molecule has 3 atom stereocenters. The Morgan fingerprint density at radius 1 is 1.15 bits per heavy atom. The van der Waals surface area contributed by atoms with E-state index < -0.39 is 0 Å². The van der Waals surface area contributed by atoms with Crippen LogP contribution in [0.5, 0.6) is 11.5 Å². The SMILES string of the molecule is CCOc1ccc(Cc2cc(C3CC(O)CC(C)S3)c(OC)cc2C)cc1. The third-order valence-electron chi connectivity index (χ3n) is 5.15. The summed E-state index contributed by atoms with van der Waals surface area (Å²) in [5, 5.41) is 11.0. The lowest BCUT2D eigenvalue weighted by Gasteiger charge is -2.31. The van der Waals surface area contributed by atoms with Crippen molar-refractivity contribution < 1.29 is 14.6 Å². The van der Waals surface area contributed by atoms with Gasteiger partial charge in [0.2, 0.25) is 0 Å². The minimum absolute atomic E-state index is 0.230. The summed E-state index contributed by atoms with van der Waals surface area (Å²) in [7, 11) is 1.73. The Balaban J connectivity index is 1.87. The molecule has 0 aromatic heterocycles. The van der Waals surface area contributed by atoms with Crippen LogP contribution in [0.2, 0.25) is 0 Å². The zero-order valence-corrected chi connectivity index (χ0v) is 17.5. The summed E-state index contributed by atoms with van der Waals surface area (Å²) in [6, 6.07) is 12.8. The summed E-state index contributed by atoms with van der Waals surface area (Å²) < 4.78 is 11.2. The second-order valence-electron chi connectivity index (χ2n) is 7.33. The fraction of sp³-hybridized carbons (Fsp3) is 0.478. The van der Waals surface area contributed by atoms with Crippen LogP contribution in [0, 0.1) is 6.92 Å². The van der Waals surface area contributed by atoms with Crippen molar-refractivity contribution in [2.75, 3.05) is 13.7 Å². The van der Waals surface area contributed by atoms with E-state index in [4.69, 9.17) is 9.47 Å². The molecule has 2 aromatic rings. The molecule has 3 nitrogen and oxygen atoms in total. The third-order valence-corrected chi connectivity index (χ3v) is 6.58. The van der Waals surface area contributed by atoms with Crippen molar-refractivity contribution in [1.82, 2.24) is 0 Å². The van der Waals surface area contributed by atoms with Gasteiger partial charge in [0.1, 0.15) is 11.5 Å². The van der Waals surface area contributed by atoms with Crippen molar-refractivity contribution in [3.63, 3.8) is 0 Å². The topological polar surface area (TPSA) is 38.7 Å². The van der Waals surface area contributed by atoms with E-state index in [1.54, 1.807) is 7.11 Å². The van der Waals surface area contributed by atoms with Crippen molar-refractivity contribution >= 4 is 11.8 Å². The van der Waals surface area contributed by atoms with Gasteiger partial charge in [-0.05, 0) is 68.0 Å². The highest BCUT2D eigenvalue weighted by molar-refractivity contribution is 8.00. The quantitative estimate of drug-likeness (QED) is 0.730. The van der Waals surface area contributed by atoms with Gasteiger partial charge in [-0.3, -0.25) is 0 Å². The Kier molecular flexibility index (Phi) is 6.72. The van der Waals surface area contributed by atoms with Crippen molar-refractivity contribution in [2.45, 2.75) is 56.6 Å². The highest BCUT2D eigenvalue weighted by Gasteiger charge is 2.29. The fourth-order valence-corrected chi connectivity index (χ4v) is 5.33. The smallest absolute Gasteiger partial charge is 0.123 e. The van der Waals surface area contributed by atoms with Gasteiger partial charge in [-0.1, -0.05) is 25.1 Å². The number of thioether (sulfide) groups is 1. The van der Waals surface area contributed by atoms with Gasteiger partial charge < -0.3 is 14.6 Å². The minimum atomic E-state index is -0.230. The van der Waals surface area contributed by atoms with E-state index in [2.05, 4.69) is 38.1 Å². The number of methoxy groups -OCH3 is 1. The second kappa shape index (κ2) is 9.03. The monoisotopic (exact) mass is 386 g/mol. The first-order valence-corrected chi connectivity index (χ1v) is 10.7. The molecule has 1 fully saturated rings. The molecule has 146 valence electrons. The molecule has 0 bridgehead atoms. The van der Waals surface area contributed by atoms with Crippen LogP contribution in [0.15, 0.2) is 36.4 Å². The maximum atomic E-state index is 10.2. The summed E-state index contributed by atoms with van der Waals surface area (Å²) in [5.74, 6) is 1.84. The Hall–Kier alpha value is -1.65. The van der Waals surface area contributed by atoms with Crippen LogP contribution in [0.1, 0.15) is 54.2 Å². The molecule has 2 aromatic carbocycles. The van der Waals surface area contributed by atoms with Crippen molar-refractivity contribution in [2.24, 2.45) is 0 Å². The molecule has 4 heteroatoms. The highest BCUT2D eigenvalue weighted by atomic mass is 32.2. The van der Waals surface area contributed by atoms with Crippen molar-refractivity contribution in [1.29, 1.82) is 0 Å². The minimum Gasteiger partial charge on any atom is -0.496 e. The van der Waals surface area contributed by atoms with Gasteiger partial charge in [-0.15, -0.1) is 0 Å². The van der Waals surface area contributed by atoms with Crippen molar-refractivity contribution in [3.8, 4) is 11.5 Å². The molecular weight excluding hydrogens is 356 g/mol. The first-order chi connectivity index (χ1) is 13.0. The number of ether oxygens (including phenoxy) is 2. The number of hydrogen-bond acceptors (Lipinski definition) is 4. The molecule has 1 aliphatic heterocycles. The van der Waals surface area contributed by atoms with E-state index in [1.807, 2.05) is 30.8 Å². The van der Waals surface area contributed by atoms with Gasteiger partial charge in [0.05, 0.1) is 19.8 Å². The lowest BCUT2D eigenvalue weighted by Crippen LogP contribution is -2.23. The number of benzene rings is 2. The maximum Gasteiger partial charge on any atom is 0.123 e. The summed E-state index contributed by atoms with van der Waals surface area (Å²) in [4.78, 5) is 0. The first-order valence-electron chi connectivity index (χ1n) is 9.72.